The molecule has 1 aliphatic heterocycles. The van der Waals surface area contributed by atoms with Crippen molar-refractivity contribution in [2.24, 2.45) is 4.99 Å². The van der Waals surface area contributed by atoms with Gasteiger partial charge in [-0.3, -0.25) is 9.36 Å². The fourth-order valence-corrected chi connectivity index (χ4v) is 6.51. The molecule has 3 aromatic carbocycles. The molecule has 0 unspecified atom stereocenters. The number of hydrogen-bond acceptors (Lipinski definition) is 7. The molecule has 1 atom stereocenters. The van der Waals surface area contributed by atoms with Gasteiger partial charge in [-0.05, 0) is 61.4 Å². The molecular weight excluding hydrogens is 652 g/mol. The van der Waals surface area contributed by atoms with E-state index in [1.807, 2.05) is 79.7 Å². The van der Waals surface area contributed by atoms with E-state index in [0.717, 1.165) is 22.0 Å². The van der Waals surface area contributed by atoms with E-state index in [0.29, 0.717) is 55.7 Å². The zero-order valence-electron chi connectivity index (χ0n) is 23.9. The Morgan fingerprint density at radius 3 is 2.58 bits per heavy atom. The molecule has 10 heteroatoms. The minimum absolute atomic E-state index is 0.201. The summed E-state index contributed by atoms with van der Waals surface area (Å²) in [6.07, 6.45) is 3.15. The Morgan fingerprint density at radius 1 is 1.12 bits per heavy atom. The first-order chi connectivity index (χ1) is 20.8. The van der Waals surface area contributed by atoms with Gasteiger partial charge in [0.15, 0.2) is 4.80 Å². The first-order valence-corrected chi connectivity index (χ1v) is 15.8. The number of benzene rings is 3. The van der Waals surface area contributed by atoms with E-state index in [9.17, 15) is 9.59 Å². The van der Waals surface area contributed by atoms with Gasteiger partial charge in [-0.2, -0.15) is 0 Å². The minimum atomic E-state index is -0.771. The number of ether oxygens (including phenoxy) is 3. The van der Waals surface area contributed by atoms with E-state index in [-0.39, 0.29) is 12.2 Å². The molecule has 4 aromatic rings. The second-order valence-electron chi connectivity index (χ2n) is 9.75. The third kappa shape index (κ3) is 6.64. The quantitative estimate of drug-likeness (QED) is 0.177. The fourth-order valence-electron chi connectivity index (χ4n) is 4.92. The zero-order chi connectivity index (χ0) is 30.5. The summed E-state index contributed by atoms with van der Waals surface area (Å²) in [6.45, 7) is 4.33. The smallest absolute Gasteiger partial charge is 0.338 e. The fraction of sp³-hybridized carbons (Fsp3) is 0.242. The van der Waals surface area contributed by atoms with Crippen molar-refractivity contribution in [1.29, 1.82) is 0 Å². The third-order valence-electron chi connectivity index (χ3n) is 6.91. The number of allylic oxidation sites excluding steroid dienone is 1. The van der Waals surface area contributed by atoms with Crippen LogP contribution in [-0.2, 0) is 16.1 Å². The number of methoxy groups -OCH3 is 1. The summed E-state index contributed by atoms with van der Waals surface area (Å²) in [5, 5.41) is 0.654. The van der Waals surface area contributed by atoms with Gasteiger partial charge in [-0.25, -0.2) is 9.79 Å². The van der Waals surface area contributed by atoms with Gasteiger partial charge in [0.2, 0.25) is 0 Å². The van der Waals surface area contributed by atoms with Crippen molar-refractivity contribution in [3.63, 3.8) is 0 Å². The third-order valence-corrected chi connectivity index (χ3v) is 8.75. The zero-order valence-corrected chi connectivity index (χ0v) is 27.1. The molecule has 0 saturated heterocycles. The Morgan fingerprint density at radius 2 is 1.88 bits per heavy atom. The molecule has 5 rings (SSSR count). The summed E-state index contributed by atoms with van der Waals surface area (Å²) in [6, 6.07) is 19.8. The Bertz CT molecular complexity index is 1860. The van der Waals surface area contributed by atoms with Crippen LogP contribution in [0.25, 0.3) is 6.08 Å². The van der Waals surface area contributed by atoms with Crippen LogP contribution in [0, 0.1) is 0 Å². The van der Waals surface area contributed by atoms with E-state index in [4.69, 9.17) is 30.8 Å². The van der Waals surface area contributed by atoms with Crippen LogP contribution in [0.2, 0.25) is 5.02 Å². The van der Waals surface area contributed by atoms with E-state index < -0.39 is 12.0 Å². The van der Waals surface area contributed by atoms with E-state index in [2.05, 4.69) is 15.9 Å². The number of hydrogen-bond donors (Lipinski definition) is 0. The average Bonchev–Trinajstić information content (AvgIpc) is 3.31. The molecule has 0 amide bonds. The number of carbonyl (C=O) groups excluding carboxylic acids is 1. The molecule has 0 bridgehead atoms. The second-order valence-corrected chi connectivity index (χ2v) is 12.1. The van der Waals surface area contributed by atoms with Gasteiger partial charge in [0, 0.05) is 20.6 Å². The minimum Gasteiger partial charge on any atom is -0.496 e. The van der Waals surface area contributed by atoms with Gasteiger partial charge < -0.3 is 14.2 Å². The van der Waals surface area contributed by atoms with E-state index >= 15 is 0 Å². The summed E-state index contributed by atoms with van der Waals surface area (Å²) < 4.78 is 20.0. The van der Waals surface area contributed by atoms with Crippen LogP contribution in [-0.4, -0.2) is 24.3 Å². The average molecular weight is 682 g/mol. The van der Waals surface area contributed by atoms with Crippen molar-refractivity contribution < 1.29 is 19.0 Å². The van der Waals surface area contributed by atoms with Crippen LogP contribution < -0.4 is 24.4 Å². The number of esters is 1. The van der Waals surface area contributed by atoms with Crippen LogP contribution in [0.4, 0.5) is 0 Å². The Balaban J connectivity index is 1.58. The number of carbonyl (C=O) groups is 1. The van der Waals surface area contributed by atoms with Crippen LogP contribution >= 0.6 is 38.9 Å². The van der Waals surface area contributed by atoms with Gasteiger partial charge in [-0.15, -0.1) is 0 Å². The van der Waals surface area contributed by atoms with Gasteiger partial charge in [0.25, 0.3) is 5.56 Å². The molecule has 1 aliphatic rings. The number of fused-ring (bicyclic) bond motifs is 1. The number of halogens is 2. The van der Waals surface area contributed by atoms with Crippen molar-refractivity contribution in [1.82, 2.24) is 4.57 Å². The molecule has 0 radical (unpaired) electrons. The maximum atomic E-state index is 14.1. The van der Waals surface area contributed by atoms with Crippen molar-refractivity contribution in [2.45, 2.75) is 39.3 Å². The lowest BCUT2D eigenvalue weighted by Gasteiger charge is -2.27. The van der Waals surface area contributed by atoms with Gasteiger partial charge in [-0.1, -0.05) is 82.5 Å². The van der Waals surface area contributed by atoms with Gasteiger partial charge >= 0.3 is 5.97 Å². The van der Waals surface area contributed by atoms with Crippen LogP contribution in [0.3, 0.4) is 0 Å². The number of nitrogens with zero attached hydrogens (tertiary/aromatic N) is 2. The Hall–Kier alpha value is -3.66. The standard InChI is InChI=1S/C33H30BrClN2O5S/c1-4-8-26-29(32(39)41-5-2)30(24-18-22(34)13-16-27(24)40-3)37-31(38)28(43-33(37)36-26)17-20-11-14-23(15-12-20)42-19-21-9-6-7-10-25(21)35/h6-7,9-18,30H,4-5,8,19H2,1-3H3/b28-17+/t30-/m1/s1. The summed E-state index contributed by atoms with van der Waals surface area (Å²) in [4.78, 5) is 32.8. The molecule has 43 heavy (non-hydrogen) atoms. The predicted octanol–water partition coefficient (Wildman–Crippen LogP) is 6.58. The van der Waals surface area contributed by atoms with Crippen molar-refractivity contribution >= 4 is 50.9 Å². The lowest BCUT2D eigenvalue weighted by Crippen LogP contribution is -2.40. The first-order valence-electron chi connectivity index (χ1n) is 13.9. The highest BCUT2D eigenvalue weighted by Crippen LogP contribution is 2.38. The number of thiazole rings is 1. The van der Waals surface area contributed by atoms with Crippen LogP contribution in [0.15, 0.2) is 92.3 Å². The molecule has 0 saturated carbocycles. The van der Waals surface area contributed by atoms with Crippen LogP contribution in [0.5, 0.6) is 11.5 Å². The highest BCUT2D eigenvalue weighted by atomic mass is 79.9. The van der Waals surface area contributed by atoms with Crippen molar-refractivity contribution in [3.8, 4) is 11.5 Å². The SMILES string of the molecule is CCCC1=C(C(=O)OCC)[C@@H](c2cc(Br)ccc2OC)n2c(s/c(=C/c3ccc(OCc4ccccc4Cl)cc3)c2=O)=N1. The predicted molar refractivity (Wildman–Crippen MR) is 173 cm³/mol. The lowest BCUT2D eigenvalue weighted by molar-refractivity contribution is -0.139. The lowest BCUT2D eigenvalue weighted by atomic mass is 9.93. The number of rotatable bonds is 10. The summed E-state index contributed by atoms with van der Waals surface area (Å²) in [7, 11) is 1.57. The summed E-state index contributed by atoms with van der Waals surface area (Å²) >= 11 is 11.1. The molecule has 2 heterocycles. The maximum Gasteiger partial charge on any atom is 0.338 e. The first kappa shape index (κ1) is 30.8. The molecular formula is C33H30BrClN2O5S. The molecule has 0 aliphatic carbocycles. The monoisotopic (exact) mass is 680 g/mol. The molecule has 0 fully saturated rings. The van der Waals surface area contributed by atoms with Crippen molar-refractivity contribution in [3.05, 3.63) is 124 Å². The van der Waals surface area contributed by atoms with E-state index in [1.165, 1.54) is 11.3 Å². The van der Waals surface area contributed by atoms with Crippen LogP contribution in [0.1, 0.15) is 49.4 Å². The maximum absolute atomic E-state index is 14.1. The van der Waals surface area contributed by atoms with Gasteiger partial charge in [0.05, 0.1) is 29.5 Å². The molecule has 0 spiro atoms. The highest BCUT2D eigenvalue weighted by Gasteiger charge is 2.36. The Labute approximate surface area is 266 Å². The Kier molecular flexibility index (Phi) is 9.85. The van der Waals surface area contributed by atoms with Gasteiger partial charge in [0.1, 0.15) is 24.1 Å². The number of aromatic nitrogens is 1. The highest BCUT2D eigenvalue weighted by molar-refractivity contribution is 9.10. The molecule has 0 N–H and O–H groups in total. The molecule has 7 nitrogen and oxygen atoms in total. The largest absolute Gasteiger partial charge is 0.496 e. The van der Waals surface area contributed by atoms with E-state index in [1.54, 1.807) is 18.6 Å². The summed E-state index contributed by atoms with van der Waals surface area (Å²) in [5.74, 6) is 0.738. The molecule has 222 valence electrons. The normalized spacial score (nSPS) is 14.7. The molecule has 1 aromatic heterocycles. The summed E-state index contributed by atoms with van der Waals surface area (Å²) in [5.41, 5.74) is 3.09. The van der Waals surface area contributed by atoms with Crippen molar-refractivity contribution in [2.75, 3.05) is 13.7 Å². The topological polar surface area (TPSA) is 79.1 Å². The second kappa shape index (κ2) is 13.8.